The molecule has 17 heavy (non-hydrogen) atoms. The van der Waals surface area contributed by atoms with Crippen molar-refractivity contribution in [1.82, 2.24) is 0 Å². The van der Waals surface area contributed by atoms with Gasteiger partial charge in [0.05, 0.1) is 10.5 Å². The van der Waals surface area contributed by atoms with Crippen molar-refractivity contribution in [2.24, 2.45) is 0 Å². The first-order chi connectivity index (χ1) is 7.52. The van der Waals surface area contributed by atoms with Gasteiger partial charge in [-0.1, -0.05) is 15.9 Å². The monoisotopic (exact) mass is 339 g/mol. The molecule has 0 aliphatic heterocycles. The highest BCUT2D eigenvalue weighted by Crippen LogP contribution is 2.48. The van der Waals surface area contributed by atoms with E-state index in [9.17, 15) is 26.3 Å². The molecule has 0 aliphatic rings. The summed E-state index contributed by atoms with van der Waals surface area (Å²) in [6.45, 7) is 0. The van der Waals surface area contributed by atoms with E-state index < -0.39 is 44.1 Å². The van der Waals surface area contributed by atoms with Gasteiger partial charge in [0.2, 0.25) is 0 Å². The molecule has 0 aromatic heterocycles. The molecule has 0 saturated heterocycles. The SMILES string of the molecule is Nc1ccc(Br)c(C(F)(F)F)c1SC(F)(F)F. The summed E-state index contributed by atoms with van der Waals surface area (Å²) in [5.41, 5.74) is -1.67. The average Bonchev–Trinajstić information content (AvgIpc) is 2.06. The molecule has 0 bridgehead atoms. The van der Waals surface area contributed by atoms with Crippen LogP contribution in [0.25, 0.3) is 0 Å². The fourth-order valence-corrected chi connectivity index (χ4v) is 2.50. The van der Waals surface area contributed by atoms with E-state index in [0.717, 1.165) is 12.1 Å². The van der Waals surface area contributed by atoms with Crippen molar-refractivity contribution < 1.29 is 26.3 Å². The highest BCUT2D eigenvalue weighted by atomic mass is 79.9. The van der Waals surface area contributed by atoms with Crippen LogP contribution in [0.4, 0.5) is 32.0 Å². The van der Waals surface area contributed by atoms with Crippen molar-refractivity contribution in [1.29, 1.82) is 0 Å². The fraction of sp³-hybridized carbons (Fsp3) is 0.250. The maximum Gasteiger partial charge on any atom is 0.446 e. The van der Waals surface area contributed by atoms with Crippen molar-refractivity contribution >= 4 is 33.4 Å². The number of hydrogen-bond acceptors (Lipinski definition) is 2. The van der Waals surface area contributed by atoms with E-state index in [1.165, 1.54) is 0 Å². The van der Waals surface area contributed by atoms with Gasteiger partial charge in [-0.2, -0.15) is 26.3 Å². The lowest BCUT2D eigenvalue weighted by molar-refractivity contribution is -0.140. The molecular weight excluding hydrogens is 336 g/mol. The molecule has 0 saturated carbocycles. The van der Waals surface area contributed by atoms with Crippen LogP contribution in [-0.2, 0) is 6.18 Å². The van der Waals surface area contributed by atoms with Gasteiger partial charge >= 0.3 is 11.7 Å². The Labute approximate surface area is 104 Å². The molecule has 0 unspecified atom stereocenters. The number of alkyl halides is 6. The van der Waals surface area contributed by atoms with Crippen molar-refractivity contribution in [2.75, 3.05) is 5.73 Å². The molecule has 0 aliphatic carbocycles. The quantitative estimate of drug-likeness (QED) is 0.457. The zero-order valence-corrected chi connectivity index (χ0v) is 10.2. The third-order valence-electron chi connectivity index (χ3n) is 1.64. The minimum absolute atomic E-state index is 0.481. The summed E-state index contributed by atoms with van der Waals surface area (Å²) in [6, 6.07) is 1.94. The number of nitrogens with two attached hydrogens (primary N) is 1. The van der Waals surface area contributed by atoms with E-state index in [0.29, 0.717) is 0 Å². The van der Waals surface area contributed by atoms with Crippen LogP contribution in [-0.4, -0.2) is 5.51 Å². The van der Waals surface area contributed by atoms with E-state index in [4.69, 9.17) is 5.73 Å². The Morgan fingerprint density at radius 2 is 1.59 bits per heavy atom. The van der Waals surface area contributed by atoms with E-state index >= 15 is 0 Å². The van der Waals surface area contributed by atoms with Gasteiger partial charge in [-0.3, -0.25) is 0 Å². The number of benzene rings is 1. The largest absolute Gasteiger partial charge is 0.446 e. The van der Waals surface area contributed by atoms with Gasteiger partial charge in [-0.15, -0.1) is 0 Å². The Morgan fingerprint density at radius 1 is 1.06 bits per heavy atom. The van der Waals surface area contributed by atoms with Gasteiger partial charge in [-0.25, -0.2) is 0 Å². The van der Waals surface area contributed by atoms with Gasteiger partial charge in [0.15, 0.2) is 0 Å². The Hall–Kier alpha value is -0.570. The van der Waals surface area contributed by atoms with Gasteiger partial charge in [0.25, 0.3) is 0 Å². The maximum absolute atomic E-state index is 12.6. The molecule has 0 heterocycles. The second-order valence-corrected chi connectivity index (χ2v) is 4.82. The predicted molar refractivity (Wildman–Crippen MR) is 55.5 cm³/mol. The topological polar surface area (TPSA) is 26.0 Å². The van der Waals surface area contributed by atoms with Crippen molar-refractivity contribution in [3.05, 3.63) is 22.2 Å². The zero-order valence-electron chi connectivity index (χ0n) is 7.79. The Bertz CT molecular complexity index is 427. The number of rotatable bonds is 1. The van der Waals surface area contributed by atoms with Gasteiger partial charge in [-0.05, 0) is 23.9 Å². The van der Waals surface area contributed by atoms with Crippen molar-refractivity contribution in [3.63, 3.8) is 0 Å². The highest BCUT2D eigenvalue weighted by Gasteiger charge is 2.41. The van der Waals surface area contributed by atoms with Crippen LogP contribution in [0.3, 0.4) is 0 Å². The maximum atomic E-state index is 12.6. The van der Waals surface area contributed by atoms with Crippen LogP contribution in [0.1, 0.15) is 5.56 Å². The molecule has 0 radical (unpaired) electrons. The first-order valence-electron chi connectivity index (χ1n) is 3.93. The number of thioether (sulfide) groups is 1. The minimum Gasteiger partial charge on any atom is -0.398 e. The molecule has 1 aromatic carbocycles. The van der Waals surface area contributed by atoms with Gasteiger partial charge in [0, 0.05) is 10.2 Å². The van der Waals surface area contributed by atoms with Crippen LogP contribution in [0.5, 0.6) is 0 Å². The molecule has 0 spiro atoms. The predicted octanol–water partition coefficient (Wildman–Crippen LogP) is 4.66. The average molecular weight is 340 g/mol. The van der Waals surface area contributed by atoms with E-state index in [2.05, 4.69) is 15.9 Å². The third kappa shape index (κ3) is 3.70. The van der Waals surface area contributed by atoms with Gasteiger partial charge < -0.3 is 5.73 Å². The first-order valence-corrected chi connectivity index (χ1v) is 5.54. The van der Waals surface area contributed by atoms with Crippen LogP contribution in [0, 0.1) is 0 Å². The molecule has 1 aromatic rings. The van der Waals surface area contributed by atoms with Gasteiger partial charge in [0.1, 0.15) is 0 Å². The lowest BCUT2D eigenvalue weighted by Crippen LogP contribution is -2.12. The first kappa shape index (κ1) is 14.5. The molecule has 9 heteroatoms. The second-order valence-electron chi connectivity index (χ2n) is 2.89. The number of hydrogen-bond donors (Lipinski definition) is 1. The normalized spacial score (nSPS) is 12.9. The number of nitrogen functional groups attached to an aromatic ring is 1. The summed E-state index contributed by atoms with van der Waals surface area (Å²) >= 11 is 1.69. The smallest absolute Gasteiger partial charge is 0.398 e. The lowest BCUT2D eigenvalue weighted by atomic mass is 10.2. The molecule has 1 nitrogen and oxygen atoms in total. The standard InChI is InChI=1S/C8H4BrF6NS/c9-3-1-2-4(16)6(17-8(13,14)15)5(3)7(10,11)12/h1-2H,16H2. The molecular formula is C8H4BrF6NS. The minimum atomic E-state index is -4.91. The lowest BCUT2D eigenvalue weighted by Gasteiger charge is -2.17. The van der Waals surface area contributed by atoms with Crippen LogP contribution < -0.4 is 5.73 Å². The summed E-state index contributed by atoms with van der Waals surface area (Å²) in [6.07, 6.45) is -4.91. The molecule has 0 fully saturated rings. The summed E-state index contributed by atoms with van der Waals surface area (Å²) < 4.78 is 73.8. The summed E-state index contributed by atoms with van der Waals surface area (Å²) in [4.78, 5) is -1.04. The highest BCUT2D eigenvalue weighted by molar-refractivity contribution is 9.10. The van der Waals surface area contributed by atoms with Crippen LogP contribution in [0.2, 0.25) is 0 Å². The zero-order chi connectivity index (χ0) is 13.4. The molecule has 2 N–H and O–H groups in total. The van der Waals surface area contributed by atoms with E-state index in [1.54, 1.807) is 0 Å². The molecule has 0 amide bonds. The van der Waals surface area contributed by atoms with Crippen molar-refractivity contribution in [3.8, 4) is 0 Å². The Kier molecular flexibility index (Phi) is 3.92. The van der Waals surface area contributed by atoms with E-state index in [1.807, 2.05) is 0 Å². The van der Waals surface area contributed by atoms with E-state index in [-0.39, 0.29) is 0 Å². The Morgan fingerprint density at radius 3 is 2.00 bits per heavy atom. The molecule has 1 rings (SSSR count). The Balaban J connectivity index is 3.41. The summed E-state index contributed by atoms with van der Waals surface area (Å²) in [5.74, 6) is 0. The number of anilines is 1. The second kappa shape index (κ2) is 4.60. The van der Waals surface area contributed by atoms with Crippen molar-refractivity contribution in [2.45, 2.75) is 16.6 Å². The third-order valence-corrected chi connectivity index (χ3v) is 3.17. The number of halogens is 7. The fourth-order valence-electron chi connectivity index (χ4n) is 1.06. The van der Waals surface area contributed by atoms with Crippen LogP contribution >= 0.6 is 27.7 Å². The molecule has 0 atom stereocenters. The summed E-state index contributed by atoms with van der Waals surface area (Å²) in [5, 5.41) is 0. The summed E-state index contributed by atoms with van der Waals surface area (Å²) in [7, 11) is 0. The molecule has 96 valence electrons. The van der Waals surface area contributed by atoms with Crippen LogP contribution in [0.15, 0.2) is 21.5 Å².